The van der Waals surface area contributed by atoms with Gasteiger partial charge in [0, 0.05) is 18.5 Å². The third-order valence-corrected chi connectivity index (χ3v) is 4.05. The molecule has 0 bridgehead atoms. The molecule has 130 valence electrons. The Labute approximate surface area is 145 Å². The molecule has 1 aromatic rings. The Morgan fingerprint density at radius 2 is 2.22 bits per heavy atom. The van der Waals surface area contributed by atoms with Crippen LogP contribution in [0.2, 0.25) is 0 Å². The predicted octanol–water partition coefficient (Wildman–Crippen LogP) is 3.22. The quantitative estimate of drug-likeness (QED) is 0.749. The summed E-state index contributed by atoms with van der Waals surface area (Å²) in [6.45, 7) is 5.89. The number of amides is 1. The van der Waals surface area contributed by atoms with Crippen molar-refractivity contribution in [3.05, 3.63) is 29.8 Å². The van der Waals surface area contributed by atoms with Gasteiger partial charge in [-0.15, -0.1) is 12.4 Å². The highest BCUT2D eigenvalue weighted by Crippen LogP contribution is 2.13. The number of hydrogen-bond acceptors (Lipinski definition) is 3. The summed E-state index contributed by atoms with van der Waals surface area (Å²) < 4.78 is 5.69. The first kappa shape index (κ1) is 19.8. The molecule has 2 atom stereocenters. The van der Waals surface area contributed by atoms with Gasteiger partial charge < -0.3 is 15.4 Å². The van der Waals surface area contributed by atoms with Crippen LogP contribution in [0, 0.1) is 6.92 Å². The van der Waals surface area contributed by atoms with Crippen molar-refractivity contribution in [2.45, 2.75) is 58.0 Å². The van der Waals surface area contributed by atoms with Crippen LogP contribution in [0.15, 0.2) is 24.3 Å². The second kappa shape index (κ2) is 10.5. The fourth-order valence-electron chi connectivity index (χ4n) is 2.85. The van der Waals surface area contributed by atoms with Crippen molar-refractivity contribution in [3.63, 3.8) is 0 Å². The summed E-state index contributed by atoms with van der Waals surface area (Å²) in [6.07, 6.45) is 4.44. The molecule has 1 aromatic carbocycles. The lowest BCUT2D eigenvalue weighted by Crippen LogP contribution is -2.46. The van der Waals surface area contributed by atoms with E-state index in [0.29, 0.717) is 25.1 Å². The highest BCUT2D eigenvalue weighted by molar-refractivity contribution is 5.85. The lowest BCUT2D eigenvalue weighted by atomic mass is 10.0. The number of nitrogens with one attached hydrogen (secondary N) is 2. The smallest absolute Gasteiger partial charge is 0.220 e. The summed E-state index contributed by atoms with van der Waals surface area (Å²) in [6, 6.07) is 8.90. The normalized spacial score (nSPS) is 20.4. The van der Waals surface area contributed by atoms with Gasteiger partial charge in [0.05, 0.1) is 6.61 Å². The molecule has 0 saturated carbocycles. The second-order valence-corrected chi connectivity index (χ2v) is 6.27. The SMILES string of the molecule is Cc1cccc(OCCCCC(=O)NC2CCNC(C)C2)c1.Cl. The van der Waals surface area contributed by atoms with Gasteiger partial charge in [-0.2, -0.15) is 0 Å². The van der Waals surface area contributed by atoms with E-state index < -0.39 is 0 Å². The molecule has 2 rings (SSSR count). The van der Waals surface area contributed by atoms with Crippen molar-refractivity contribution in [3.8, 4) is 5.75 Å². The van der Waals surface area contributed by atoms with Crippen LogP contribution in [-0.4, -0.2) is 31.1 Å². The summed E-state index contributed by atoms with van der Waals surface area (Å²) in [5.41, 5.74) is 1.20. The number of piperidine rings is 1. The second-order valence-electron chi connectivity index (χ2n) is 6.27. The number of carbonyl (C=O) groups excluding carboxylic acids is 1. The average Bonchev–Trinajstić information content (AvgIpc) is 2.47. The molecule has 2 unspecified atom stereocenters. The topological polar surface area (TPSA) is 50.4 Å². The van der Waals surface area contributed by atoms with Gasteiger partial charge in [0.1, 0.15) is 5.75 Å². The first-order valence-electron chi connectivity index (χ1n) is 8.35. The third kappa shape index (κ3) is 7.71. The minimum Gasteiger partial charge on any atom is -0.494 e. The highest BCUT2D eigenvalue weighted by atomic mass is 35.5. The Balaban J connectivity index is 0.00000264. The lowest BCUT2D eigenvalue weighted by molar-refractivity contribution is -0.122. The molecule has 1 heterocycles. The maximum Gasteiger partial charge on any atom is 0.220 e. The van der Waals surface area contributed by atoms with E-state index in [9.17, 15) is 4.79 Å². The van der Waals surface area contributed by atoms with Crippen molar-refractivity contribution < 1.29 is 9.53 Å². The number of carbonyl (C=O) groups is 1. The molecule has 1 aliphatic heterocycles. The summed E-state index contributed by atoms with van der Waals surface area (Å²) in [5.74, 6) is 1.09. The lowest BCUT2D eigenvalue weighted by Gasteiger charge is -2.28. The van der Waals surface area contributed by atoms with Gasteiger partial charge in [0.2, 0.25) is 5.91 Å². The molecule has 1 fully saturated rings. The molecular weight excluding hydrogens is 312 g/mol. The Hall–Kier alpha value is -1.26. The average molecular weight is 341 g/mol. The molecule has 1 saturated heterocycles. The van der Waals surface area contributed by atoms with Crippen LogP contribution in [0.25, 0.3) is 0 Å². The molecule has 4 nitrogen and oxygen atoms in total. The molecule has 2 N–H and O–H groups in total. The summed E-state index contributed by atoms with van der Waals surface area (Å²) in [7, 11) is 0. The van der Waals surface area contributed by atoms with E-state index in [0.717, 1.165) is 38.0 Å². The predicted molar refractivity (Wildman–Crippen MR) is 96.4 cm³/mol. The standard InChI is InChI=1S/C18H28N2O2.ClH/c1-14-6-5-7-17(12-14)22-11-4-3-8-18(21)20-16-9-10-19-15(2)13-16;/h5-7,12,15-16,19H,3-4,8-11,13H2,1-2H3,(H,20,21);1H. The maximum atomic E-state index is 11.9. The molecule has 0 aromatic heterocycles. The number of rotatable bonds is 7. The minimum absolute atomic E-state index is 0. The molecule has 0 spiro atoms. The first-order chi connectivity index (χ1) is 10.6. The zero-order chi connectivity index (χ0) is 15.8. The van der Waals surface area contributed by atoms with Crippen molar-refractivity contribution in [1.29, 1.82) is 0 Å². The number of halogens is 1. The van der Waals surface area contributed by atoms with E-state index in [2.05, 4.69) is 30.5 Å². The largest absolute Gasteiger partial charge is 0.494 e. The Bertz CT molecular complexity index is 482. The zero-order valence-corrected chi connectivity index (χ0v) is 15.0. The van der Waals surface area contributed by atoms with Crippen LogP contribution >= 0.6 is 12.4 Å². The van der Waals surface area contributed by atoms with Crippen LogP contribution < -0.4 is 15.4 Å². The van der Waals surface area contributed by atoms with Crippen LogP contribution in [0.3, 0.4) is 0 Å². The fourth-order valence-corrected chi connectivity index (χ4v) is 2.85. The number of aryl methyl sites for hydroxylation is 1. The number of hydrogen-bond donors (Lipinski definition) is 2. The van der Waals surface area contributed by atoms with Gasteiger partial charge >= 0.3 is 0 Å². The van der Waals surface area contributed by atoms with Crippen molar-refractivity contribution in [1.82, 2.24) is 10.6 Å². The number of unbranched alkanes of at least 4 members (excludes halogenated alkanes) is 1. The van der Waals surface area contributed by atoms with E-state index in [-0.39, 0.29) is 18.3 Å². The minimum atomic E-state index is 0. The van der Waals surface area contributed by atoms with E-state index in [1.165, 1.54) is 5.56 Å². The molecule has 0 aliphatic carbocycles. The van der Waals surface area contributed by atoms with Gasteiger partial charge in [-0.3, -0.25) is 4.79 Å². The molecule has 1 aliphatic rings. The monoisotopic (exact) mass is 340 g/mol. The van der Waals surface area contributed by atoms with Crippen LogP contribution in [-0.2, 0) is 4.79 Å². The molecule has 5 heteroatoms. The van der Waals surface area contributed by atoms with E-state index >= 15 is 0 Å². The molecule has 1 amide bonds. The maximum absolute atomic E-state index is 11.9. The Morgan fingerprint density at radius 3 is 2.96 bits per heavy atom. The van der Waals surface area contributed by atoms with Crippen molar-refractivity contribution >= 4 is 18.3 Å². The highest BCUT2D eigenvalue weighted by Gasteiger charge is 2.19. The van der Waals surface area contributed by atoms with Crippen LogP contribution in [0.5, 0.6) is 5.75 Å². The number of ether oxygens (including phenoxy) is 1. The Morgan fingerprint density at radius 1 is 1.39 bits per heavy atom. The first-order valence-corrected chi connectivity index (χ1v) is 8.35. The third-order valence-electron chi connectivity index (χ3n) is 4.05. The molecule has 23 heavy (non-hydrogen) atoms. The number of benzene rings is 1. The molecule has 0 radical (unpaired) electrons. The van der Waals surface area contributed by atoms with Gasteiger partial charge in [-0.05, 0) is 63.8 Å². The molecular formula is C18H29ClN2O2. The van der Waals surface area contributed by atoms with Crippen LogP contribution in [0.4, 0.5) is 0 Å². The van der Waals surface area contributed by atoms with Gasteiger partial charge in [-0.25, -0.2) is 0 Å². The Kier molecular flexibility index (Phi) is 9.03. The van der Waals surface area contributed by atoms with Crippen LogP contribution in [0.1, 0.15) is 44.6 Å². The van der Waals surface area contributed by atoms with Crippen molar-refractivity contribution in [2.24, 2.45) is 0 Å². The van der Waals surface area contributed by atoms with Gasteiger partial charge in [0.25, 0.3) is 0 Å². The van der Waals surface area contributed by atoms with E-state index in [1.807, 2.05) is 18.2 Å². The van der Waals surface area contributed by atoms with E-state index in [1.54, 1.807) is 0 Å². The van der Waals surface area contributed by atoms with Crippen molar-refractivity contribution in [2.75, 3.05) is 13.2 Å². The van der Waals surface area contributed by atoms with Gasteiger partial charge in [-0.1, -0.05) is 12.1 Å². The van der Waals surface area contributed by atoms with Gasteiger partial charge in [0.15, 0.2) is 0 Å². The zero-order valence-electron chi connectivity index (χ0n) is 14.1. The summed E-state index contributed by atoms with van der Waals surface area (Å²) in [5, 5.41) is 6.54. The van der Waals surface area contributed by atoms with E-state index in [4.69, 9.17) is 4.74 Å². The fraction of sp³-hybridized carbons (Fsp3) is 0.611. The summed E-state index contributed by atoms with van der Waals surface area (Å²) in [4.78, 5) is 11.9. The summed E-state index contributed by atoms with van der Waals surface area (Å²) >= 11 is 0.